The summed E-state index contributed by atoms with van der Waals surface area (Å²) in [6.07, 6.45) is 1.36. The molecule has 3 aromatic rings. The topological polar surface area (TPSA) is 55.1 Å². The Balaban J connectivity index is 1.62. The standard InChI is InChI=1S/C21H18N2O2S/c1-12-18-19(14-7-8-26-11-14)20-16(22-21(18)25-23-12)9-15(10-17(20)24)13-5-3-2-4-6-13/h2-8,11,15,19,22H,9-10H2,1H3/t15-,19+/m0/s1. The summed E-state index contributed by atoms with van der Waals surface area (Å²) >= 11 is 1.65. The number of fused-ring (bicyclic) bond motifs is 1. The molecule has 5 heteroatoms. The number of anilines is 1. The van der Waals surface area contributed by atoms with Gasteiger partial charge in [-0.3, -0.25) is 4.79 Å². The van der Waals surface area contributed by atoms with E-state index in [1.54, 1.807) is 11.3 Å². The fraction of sp³-hybridized carbons (Fsp3) is 0.238. The van der Waals surface area contributed by atoms with Crippen LogP contribution in [0, 0.1) is 6.92 Å². The van der Waals surface area contributed by atoms with Crippen LogP contribution in [0.4, 0.5) is 5.88 Å². The number of carbonyl (C=O) groups is 1. The summed E-state index contributed by atoms with van der Waals surface area (Å²) in [5.74, 6) is 1.01. The minimum absolute atomic E-state index is 0.0806. The minimum atomic E-state index is -0.0806. The smallest absolute Gasteiger partial charge is 0.233 e. The fourth-order valence-corrected chi connectivity index (χ4v) is 4.89. The van der Waals surface area contributed by atoms with E-state index >= 15 is 0 Å². The van der Waals surface area contributed by atoms with Gasteiger partial charge in [-0.1, -0.05) is 35.5 Å². The molecule has 1 aliphatic heterocycles. The molecule has 1 aromatic carbocycles. The van der Waals surface area contributed by atoms with E-state index in [1.165, 1.54) is 5.56 Å². The number of benzene rings is 1. The number of nitrogens with zero attached hydrogens (tertiary/aromatic N) is 1. The summed E-state index contributed by atoms with van der Waals surface area (Å²) in [7, 11) is 0. The molecule has 0 radical (unpaired) electrons. The lowest BCUT2D eigenvalue weighted by molar-refractivity contribution is -0.116. The molecule has 1 aliphatic carbocycles. The second kappa shape index (κ2) is 5.95. The molecule has 0 saturated heterocycles. The number of hydrogen-bond acceptors (Lipinski definition) is 5. The molecule has 0 bridgehead atoms. The second-order valence-corrected chi connectivity index (χ2v) is 7.74. The highest BCUT2D eigenvalue weighted by Gasteiger charge is 2.41. The molecule has 0 saturated carbocycles. The Morgan fingerprint density at radius 1 is 1.15 bits per heavy atom. The van der Waals surface area contributed by atoms with Crippen molar-refractivity contribution < 1.29 is 9.32 Å². The molecule has 1 N–H and O–H groups in total. The Morgan fingerprint density at radius 3 is 2.77 bits per heavy atom. The Kier molecular flexibility index (Phi) is 3.57. The third kappa shape index (κ3) is 2.35. The molecule has 4 nitrogen and oxygen atoms in total. The average molecular weight is 362 g/mol. The van der Waals surface area contributed by atoms with Crippen molar-refractivity contribution in [3.63, 3.8) is 0 Å². The van der Waals surface area contributed by atoms with Crippen LogP contribution < -0.4 is 5.32 Å². The van der Waals surface area contributed by atoms with Crippen LogP contribution in [0.5, 0.6) is 0 Å². The van der Waals surface area contributed by atoms with Gasteiger partial charge in [-0.05, 0) is 47.2 Å². The van der Waals surface area contributed by atoms with Gasteiger partial charge in [0.2, 0.25) is 5.88 Å². The van der Waals surface area contributed by atoms with Crippen molar-refractivity contribution in [2.75, 3.05) is 5.32 Å². The van der Waals surface area contributed by atoms with E-state index in [-0.39, 0.29) is 17.6 Å². The first-order valence-electron chi connectivity index (χ1n) is 8.79. The molecule has 0 spiro atoms. The maximum atomic E-state index is 13.2. The first-order valence-corrected chi connectivity index (χ1v) is 9.73. The summed E-state index contributed by atoms with van der Waals surface area (Å²) in [4.78, 5) is 13.2. The van der Waals surface area contributed by atoms with Gasteiger partial charge in [0.15, 0.2) is 5.78 Å². The zero-order valence-electron chi connectivity index (χ0n) is 14.4. The van der Waals surface area contributed by atoms with Crippen LogP contribution in [0.25, 0.3) is 0 Å². The van der Waals surface area contributed by atoms with Crippen molar-refractivity contribution >= 4 is 23.0 Å². The predicted octanol–water partition coefficient (Wildman–Crippen LogP) is 5.00. The van der Waals surface area contributed by atoms with E-state index in [9.17, 15) is 4.79 Å². The Hall–Kier alpha value is -2.66. The first kappa shape index (κ1) is 15.6. The highest BCUT2D eigenvalue weighted by molar-refractivity contribution is 7.08. The van der Waals surface area contributed by atoms with E-state index < -0.39 is 0 Å². The lowest BCUT2D eigenvalue weighted by Gasteiger charge is -2.34. The lowest BCUT2D eigenvalue weighted by atomic mass is 9.73. The van der Waals surface area contributed by atoms with Crippen molar-refractivity contribution in [1.82, 2.24) is 5.16 Å². The molecule has 0 amide bonds. The molecule has 2 aliphatic rings. The Labute approximate surface area is 155 Å². The largest absolute Gasteiger partial charge is 0.338 e. The monoisotopic (exact) mass is 362 g/mol. The number of aromatic nitrogens is 1. The van der Waals surface area contributed by atoms with Crippen molar-refractivity contribution in [3.05, 3.63) is 80.8 Å². The number of ketones is 1. The third-order valence-electron chi connectivity index (χ3n) is 5.41. The van der Waals surface area contributed by atoms with Gasteiger partial charge in [-0.2, -0.15) is 11.3 Å². The molecule has 2 aromatic heterocycles. The molecule has 0 unspecified atom stereocenters. The van der Waals surface area contributed by atoms with Gasteiger partial charge in [0.1, 0.15) is 0 Å². The summed E-state index contributed by atoms with van der Waals surface area (Å²) in [5, 5.41) is 11.7. The van der Waals surface area contributed by atoms with Gasteiger partial charge < -0.3 is 9.84 Å². The number of carbonyl (C=O) groups excluding carboxylic acids is 1. The van der Waals surface area contributed by atoms with Gasteiger partial charge >= 0.3 is 0 Å². The van der Waals surface area contributed by atoms with E-state index in [0.29, 0.717) is 12.3 Å². The molecule has 130 valence electrons. The van der Waals surface area contributed by atoms with Crippen LogP contribution in [0.3, 0.4) is 0 Å². The number of rotatable bonds is 2. The van der Waals surface area contributed by atoms with Crippen molar-refractivity contribution in [2.45, 2.75) is 31.6 Å². The molecule has 5 rings (SSSR count). The molecule has 26 heavy (non-hydrogen) atoms. The highest BCUT2D eigenvalue weighted by Crippen LogP contribution is 2.49. The van der Waals surface area contributed by atoms with E-state index in [1.807, 2.05) is 25.1 Å². The van der Waals surface area contributed by atoms with Crippen LogP contribution >= 0.6 is 11.3 Å². The lowest BCUT2D eigenvalue weighted by Crippen LogP contribution is -2.29. The second-order valence-electron chi connectivity index (χ2n) is 6.96. The van der Waals surface area contributed by atoms with Crippen molar-refractivity contribution in [3.8, 4) is 0 Å². The predicted molar refractivity (Wildman–Crippen MR) is 101 cm³/mol. The Morgan fingerprint density at radius 2 is 2.00 bits per heavy atom. The SMILES string of the molecule is Cc1noc2c1[C@@H](c1ccsc1)C1=C(C[C@H](c3ccccc3)CC1=O)N2. The van der Waals surface area contributed by atoms with E-state index in [0.717, 1.165) is 34.5 Å². The normalized spacial score (nSPS) is 22.0. The highest BCUT2D eigenvalue weighted by atomic mass is 32.1. The third-order valence-corrected chi connectivity index (χ3v) is 6.11. The van der Waals surface area contributed by atoms with Crippen LogP contribution in [0.15, 0.2) is 63.0 Å². The maximum Gasteiger partial charge on any atom is 0.233 e. The fourth-order valence-electron chi connectivity index (χ4n) is 4.21. The van der Waals surface area contributed by atoms with Crippen LogP contribution in [0.1, 0.15) is 47.1 Å². The van der Waals surface area contributed by atoms with E-state index in [2.05, 4.69) is 39.4 Å². The van der Waals surface area contributed by atoms with Gasteiger partial charge in [-0.25, -0.2) is 0 Å². The zero-order chi connectivity index (χ0) is 17.7. The quantitative estimate of drug-likeness (QED) is 0.697. The van der Waals surface area contributed by atoms with Gasteiger partial charge in [0.05, 0.1) is 11.3 Å². The summed E-state index contributed by atoms with van der Waals surface area (Å²) in [6.45, 7) is 1.94. The average Bonchev–Trinajstić information content (AvgIpc) is 3.31. The number of aryl methyl sites for hydroxylation is 1. The minimum Gasteiger partial charge on any atom is -0.338 e. The van der Waals surface area contributed by atoms with Crippen LogP contribution in [0.2, 0.25) is 0 Å². The first-order chi connectivity index (χ1) is 12.7. The van der Waals surface area contributed by atoms with Crippen molar-refractivity contribution in [1.29, 1.82) is 0 Å². The number of nitrogens with one attached hydrogen (secondary N) is 1. The van der Waals surface area contributed by atoms with E-state index in [4.69, 9.17) is 4.52 Å². The molecule has 3 heterocycles. The molecule has 0 fully saturated rings. The van der Waals surface area contributed by atoms with Crippen LogP contribution in [-0.2, 0) is 4.79 Å². The number of allylic oxidation sites excluding steroid dienone is 2. The van der Waals surface area contributed by atoms with Gasteiger partial charge in [-0.15, -0.1) is 0 Å². The summed E-state index contributed by atoms with van der Waals surface area (Å²) in [6, 6.07) is 12.4. The maximum absolute atomic E-state index is 13.2. The molecular formula is C21H18N2O2S. The summed E-state index contributed by atoms with van der Waals surface area (Å²) < 4.78 is 5.54. The zero-order valence-corrected chi connectivity index (χ0v) is 15.2. The molecule has 2 atom stereocenters. The van der Waals surface area contributed by atoms with Gasteiger partial charge in [0.25, 0.3) is 0 Å². The van der Waals surface area contributed by atoms with Crippen LogP contribution in [-0.4, -0.2) is 10.9 Å². The Bertz CT molecular complexity index is 1000. The number of Topliss-reactive ketones (excluding diaryl/α,β-unsaturated/α-hetero) is 1. The number of hydrogen-bond donors (Lipinski definition) is 1. The van der Waals surface area contributed by atoms with Gasteiger partial charge in [0, 0.05) is 23.6 Å². The molecular weight excluding hydrogens is 344 g/mol. The van der Waals surface area contributed by atoms with Crippen molar-refractivity contribution in [2.24, 2.45) is 0 Å². The number of thiophene rings is 1. The summed E-state index contributed by atoms with van der Waals surface area (Å²) in [5.41, 5.74) is 6.05.